The summed E-state index contributed by atoms with van der Waals surface area (Å²) in [6, 6.07) is 7.40. The molecule has 2 saturated heterocycles. The summed E-state index contributed by atoms with van der Waals surface area (Å²) in [5, 5.41) is -0.00674. The number of nitrogens with zero attached hydrogens (tertiary/aromatic N) is 1. The molecule has 0 N–H and O–H groups in total. The van der Waals surface area contributed by atoms with Crippen molar-refractivity contribution in [1.29, 1.82) is 0 Å². The average Bonchev–Trinajstić information content (AvgIpc) is 3.27. The van der Waals surface area contributed by atoms with Gasteiger partial charge in [-0.25, -0.2) is 4.79 Å². The third-order valence-electron chi connectivity index (χ3n) is 7.38. The SMILES string of the molecule is COc1ccc(CN2C(=O)SC[C@H]2[C@@]2(OC)CC3C[C@@H](CCCC=CC=CCCC(C)=CC(=O)O3)O2)cc1. The van der Waals surface area contributed by atoms with Crippen LogP contribution in [-0.4, -0.2) is 60.1 Å². The van der Waals surface area contributed by atoms with Gasteiger partial charge in [-0.3, -0.25) is 4.79 Å². The topological polar surface area (TPSA) is 74.3 Å². The van der Waals surface area contributed by atoms with Crippen molar-refractivity contribution in [2.75, 3.05) is 20.0 Å². The number of thioether (sulfide) groups is 1. The normalized spacial score (nSPS) is 29.2. The maximum absolute atomic E-state index is 13.0. The molecule has 2 bridgehead atoms. The summed E-state index contributed by atoms with van der Waals surface area (Å²) in [5.41, 5.74) is 1.98. The second-order valence-corrected chi connectivity index (χ2v) is 11.1. The minimum atomic E-state index is -1.07. The lowest BCUT2D eigenvalue weighted by Crippen LogP contribution is -2.60. The average molecular weight is 542 g/mol. The molecule has 4 rings (SSSR count). The van der Waals surface area contributed by atoms with Crippen LogP contribution in [0.15, 0.2) is 60.2 Å². The van der Waals surface area contributed by atoms with E-state index in [-0.39, 0.29) is 29.5 Å². The molecule has 3 heterocycles. The Labute approximate surface area is 230 Å². The minimum Gasteiger partial charge on any atom is -0.497 e. The summed E-state index contributed by atoms with van der Waals surface area (Å²) in [4.78, 5) is 27.7. The number of methoxy groups -OCH3 is 2. The van der Waals surface area contributed by atoms with Gasteiger partial charge in [-0.1, -0.05) is 53.8 Å². The molecular weight excluding hydrogens is 502 g/mol. The first-order chi connectivity index (χ1) is 18.4. The molecule has 1 unspecified atom stereocenters. The van der Waals surface area contributed by atoms with Crippen molar-refractivity contribution >= 4 is 23.0 Å². The number of ether oxygens (including phenoxy) is 4. The van der Waals surface area contributed by atoms with Gasteiger partial charge in [0.15, 0.2) is 5.79 Å². The van der Waals surface area contributed by atoms with Crippen LogP contribution in [0.3, 0.4) is 0 Å². The van der Waals surface area contributed by atoms with E-state index in [1.807, 2.05) is 36.1 Å². The molecule has 0 radical (unpaired) electrons. The van der Waals surface area contributed by atoms with Crippen molar-refractivity contribution < 1.29 is 28.5 Å². The Morgan fingerprint density at radius 1 is 1.08 bits per heavy atom. The Bertz CT molecular complexity index is 1050. The summed E-state index contributed by atoms with van der Waals surface area (Å²) in [5.74, 6) is -0.0850. The van der Waals surface area contributed by atoms with Crippen LogP contribution in [0.25, 0.3) is 0 Å². The molecule has 2 fully saturated rings. The second kappa shape index (κ2) is 13.5. The number of fused-ring (bicyclic) bond motifs is 2. The van der Waals surface area contributed by atoms with E-state index in [1.165, 1.54) is 11.8 Å². The third-order valence-corrected chi connectivity index (χ3v) is 8.34. The van der Waals surface area contributed by atoms with Gasteiger partial charge in [-0.15, -0.1) is 0 Å². The van der Waals surface area contributed by atoms with Crippen molar-refractivity contribution in [3.63, 3.8) is 0 Å². The van der Waals surface area contributed by atoms with Gasteiger partial charge < -0.3 is 23.8 Å². The predicted octanol–water partition coefficient (Wildman–Crippen LogP) is 6.19. The van der Waals surface area contributed by atoms with Gasteiger partial charge >= 0.3 is 5.97 Å². The van der Waals surface area contributed by atoms with Crippen molar-refractivity contribution in [3.05, 3.63) is 65.8 Å². The molecule has 8 heteroatoms. The zero-order valence-electron chi connectivity index (χ0n) is 22.6. The Hall–Kier alpha value is -2.55. The fourth-order valence-corrected chi connectivity index (χ4v) is 6.43. The third kappa shape index (κ3) is 7.30. The van der Waals surface area contributed by atoms with Crippen LogP contribution in [0.1, 0.15) is 57.4 Å². The van der Waals surface area contributed by atoms with E-state index in [2.05, 4.69) is 24.3 Å². The molecule has 7 nitrogen and oxygen atoms in total. The molecule has 1 aromatic rings. The smallest absolute Gasteiger partial charge is 0.330 e. The number of carbonyl (C=O) groups excluding carboxylic acids is 2. The molecule has 206 valence electrons. The molecular formula is C30H39NO6S. The van der Waals surface area contributed by atoms with Gasteiger partial charge in [0.2, 0.25) is 0 Å². The standard InChI is InChI=1S/C30H39NO6S/c1-22-11-9-7-5-4-6-8-10-12-25-18-26(36-28(32)17-22)19-30(35-3,37-25)27-21-38-29(33)31(27)20-23-13-15-24(34-2)16-14-23/h4-7,13-17,25-27H,8-12,18-21H2,1-3H3/t25-,26?,27+,30-/m1/s1. The van der Waals surface area contributed by atoms with Gasteiger partial charge in [-0.05, 0) is 56.7 Å². The highest BCUT2D eigenvalue weighted by Crippen LogP contribution is 2.43. The predicted molar refractivity (Wildman–Crippen MR) is 149 cm³/mol. The summed E-state index contributed by atoms with van der Waals surface area (Å²) in [6.07, 6.45) is 14.9. The molecule has 1 aromatic carbocycles. The number of esters is 1. The molecule has 0 aromatic heterocycles. The molecule has 0 aliphatic carbocycles. The molecule has 38 heavy (non-hydrogen) atoms. The fourth-order valence-electron chi connectivity index (χ4n) is 5.33. The molecule has 3 aliphatic heterocycles. The van der Waals surface area contributed by atoms with Crippen LogP contribution in [0, 0.1) is 0 Å². The van der Waals surface area contributed by atoms with E-state index >= 15 is 0 Å². The van der Waals surface area contributed by atoms with Crippen LogP contribution >= 0.6 is 11.8 Å². The van der Waals surface area contributed by atoms with Crippen molar-refractivity contribution in [2.24, 2.45) is 0 Å². The maximum atomic E-state index is 13.0. The van der Waals surface area contributed by atoms with Crippen LogP contribution in [0.2, 0.25) is 0 Å². The van der Waals surface area contributed by atoms with E-state index in [1.54, 1.807) is 20.3 Å². The van der Waals surface area contributed by atoms with E-state index in [9.17, 15) is 9.59 Å². The molecule has 0 spiro atoms. The van der Waals surface area contributed by atoms with Gasteiger partial charge in [0.05, 0.1) is 19.3 Å². The van der Waals surface area contributed by atoms with Crippen LogP contribution in [0.5, 0.6) is 5.75 Å². The number of benzene rings is 1. The number of amides is 1. The van der Waals surface area contributed by atoms with Gasteiger partial charge in [0.25, 0.3) is 5.24 Å². The Balaban J connectivity index is 1.57. The zero-order valence-corrected chi connectivity index (χ0v) is 23.4. The van der Waals surface area contributed by atoms with Gasteiger partial charge in [0.1, 0.15) is 11.9 Å². The zero-order chi connectivity index (χ0) is 27.0. The fraction of sp³-hybridized carbons (Fsp3) is 0.533. The maximum Gasteiger partial charge on any atom is 0.330 e. The number of hydrogen-bond acceptors (Lipinski definition) is 7. The Morgan fingerprint density at radius 3 is 2.58 bits per heavy atom. The lowest BCUT2D eigenvalue weighted by molar-refractivity contribution is -0.305. The summed E-state index contributed by atoms with van der Waals surface area (Å²) >= 11 is 1.28. The summed E-state index contributed by atoms with van der Waals surface area (Å²) in [6.45, 7) is 2.39. The number of allylic oxidation sites excluding steroid dienone is 5. The first-order valence-electron chi connectivity index (χ1n) is 13.4. The minimum absolute atomic E-state index is 0.00674. The molecule has 4 atom stereocenters. The quantitative estimate of drug-likeness (QED) is 0.412. The highest BCUT2D eigenvalue weighted by molar-refractivity contribution is 8.13. The summed E-state index contributed by atoms with van der Waals surface area (Å²) in [7, 11) is 3.26. The first-order valence-corrected chi connectivity index (χ1v) is 14.4. The molecule has 1 amide bonds. The lowest BCUT2D eigenvalue weighted by atomic mass is 9.90. The Kier molecular flexibility index (Phi) is 10.1. The first kappa shape index (κ1) is 28.5. The van der Waals surface area contributed by atoms with Crippen molar-refractivity contribution in [1.82, 2.24) is 4.90 Å². The van der Waals surface area contributed by atoms with Crippen LogP contribution in [0.4, 0.5) is 4.79 Å². The number of hydrogen-bond donors (Lipinski definition) is 0. The highest BCUT2D eigenvalue weighted by Gasteiger charge is 2.54. The van der Waals surface area contributed by atoms with Crippen molar-refractivity contribution in [3.8, 4) is 5.75 Å². The van der Waals surface area contributed by atoms with Crippen LogP contribution < -0.4 is 4.74 Å². The largest absolute Gasteiger partial charge is 0.497 e. The summed E-state index contributed by atoms with van der Waals surface area (Å²) < 4.78 is 24.1. The molecule has 3 aliphatic rings. The monoisotopic (exact) mass is 541 g/mol. The van der Waals surface area contributed by atoms with E-state index in [0.29, 0.717) is 25.1 Å². The van der Waals surface area contributed by atoms with Gasteiger partial charge in [0, 0.05) is 38.3 Å². The van der Waals surface area contributed by atoms with Gasteiger partial charge in [-0.2, -0.15) is 0 Å². The Morgan fingerprint density at radius 2 is 1.84 bits per heavy atom. The van der Waals surface area contributed by atoms with Crippen LogP contribution in [-0.2, 0) is 25.5 Å². The lowest BCUT2D eigenvalue weighted by Gasteiger charge is -2.48. The van der Waals surface area contributed by atoms with E-state index in [0.717, 1.165) is 49.0 Å². The number of rotatable bonds is 5. The van der Waals surface area contributed by atoms with Crippen molar-refractivity contribution in [2.45, 2.75) is 82.5 Å². The molecule has 0 saturated carbocycles. The van der Waals surface area contributed by atoms with E-state index < -0.39 is 5.79 Å². The highest BCUT2D eigenvalue weighted by atomic mass is 32.2. The van der Waals surface area contributed by atoms with E-state index in [4.69, 9.17) is 18.9 Å². The second-order valence-electron chi connectivity index (χ2n) is 10.1. The number of carbonyl (C=O) groups is 2.